The highest BCUT2D eigenvalue weighted by Gasteiger charge is 2.11. The average Bonchev–Trinajstić information content (AvgIpc) is 3.09. The lowest BCUT2D eigenvalue weighted by atomic mass is 10.1. The van der Waals surface area contributed by atoms with Gasteiger partial charge in [-0.1, -0.05) is 29.8 Å². The molecule has 0 saturated carbocycles. The molecule has 7 heteroatoms. The van der Waals surface area contributed by atoms with E-state index >= 15 is 0 Å². The second-order valence-electron chi connectivity index (χ2n) is 5.85. The zero-order valence-electron chi connectivity index (χ0n) is 14.4. The number of methoxy groups -OCH3 is 1. The lowest BCUT2D eigenvalue weighted by Crippen LogP contribution is -2.12. The molecule has 1 amide bonds. The van der Waals surface area contributed by atoms with Crippen LogP contribution in [0.15, 0.2) is 66.9 Å². The standard InChI is InChI=1S/C20H15ClN4O2/c1-27-17-7-5-13(6-8-17)14-9-10-25-18(12-14)22-20(24-25)23-19(26)15-3-2-4-16(21)11-15/h2-12H,1H3,(H,23,24,26). The van der Waals surface area contributed by atoms with Crippen LogP contribution in [0.4, 0.5) is 5.95 Å². The van der Waals surface area contributed by atoms with E-state index in [2.05, 4.69) is 15.4 Å². The minimum atomic E-state index is -0.316. The lowest BCUT2D eigenvalue weighted by molar-refractivity contribution is 0.102. The molecule has 0 fully saturated rings. The van der Waals surface area contributed by atoms with Gasteiger partial charge in [0.15, 0.2) is 5.65 Å². The summed E-state index contributed by atoms with van der Waals surface area (Å²) in [4.78, 5) is 16.7. The van der Waals surface area contributed by atoms with Crippen molar-refractivity contribution in [3.05, 3.63) is 77.4 Å². The third-order valence-corrected chi connectivity index (χ3v) is 4.31. The van der Waals surface area contributed by atoms with Gasteiger partial charge >= 0.3 is 0 Å². The smallest absolute Gasteiger partial charge is 0.258 e. The zero-order chi connectivity index (χ0) is 18.8. The number of aromatic nitrogens is 3. The van der Waals surface area contributed by atoms with Crippen LogP contribution in [0.2, 0.25) is 5.02 Å². The number of nitrogens with one attached hydrogen (secondary N) is 1. The summed E-state index contributed by atoms with van der Waals surface area (Å²) in [5.74, 6) is 0.712. The number of hydrogen-bond donors (Lipinski definition) is 1. The van der Waals surface area contributed by atoms with E-state index in [0.717, 1.165) is 16.9 Å². The summed E-state index contributed by atoms with van der Waals surface area (Å²) in [6.07, 6.45) is 1.80. The first-order valence-corrected chi connectivity index (χ1v) is 8.58. The highest BCUT2D eigenvalue weighted by Crippen LogP contribution is 2.23. The Hall–Kier alpha value is -3.38. The molecule has 0 aliphatic heterocycles. The fourth-order valence-corrected chi connectivity index (χ4v) is 2.89. The Labute approximate surface area is 160 Å². The maximum Gasteiger partial charge on any atom is 0.258 e. The highest BCUT2D eigenvalue weighted by molar-refractivity contribution is 6.31. The van der Waals surface area contributed by atoms with Crippen molar-refractivity contribution in [1.82, 2.24) is 14.6 Å². The van der Waals surface area contributed by atoms with E-state index < -0.39 is 0 Å². The molecule has 27 heavy (non-hydrogen) atoms. The monoisotopic (exact) mass is 378 g/mol. The number of ether oxygens (including phenoxy) is 1. The third-order valence-electron chi connectivity index (χ3n) is 4.07. The van der Waals surface area contributed by atoms with E-state index in [0.29, 0.717) is 16.2 Å². The molecular weight excluding hydrogens is 364 g/mol. The highest BCUT2D eigenvalue weighted by atomic mass is 35.5. The van der Waals surface area contributed by atoms with Crippen LogP contribution in [0.25, 0.3) is 16.8 Å². The number of hydrogen-bond acceptors (Lipinski definition) is 4. The molecule has 4 rings (SSSR count). The van der Waals surface area contributed by atoms with Crippen LogP contribution >= 0.6 is 11.6 Å². The number of carbonyl (C=O) groups is 1. The van der Waals surface area contributed by atoms with Crippen LogP contribution in [-0.4, -0.2) is 27.6 Å². The van der Waals surface area contributed by atoms with Crippen LogP contribution in [0.3, 0.4) is 0 Å². The Morgan fingerprint density at radius 2 is 1.89 bits per heavy atom. The molecule has 134 valence electrons. The topological polar surface area (TPSA) is 68.5 Å². The summed E-state index contributed by atoms with van der Waals surface area (Å²) in [6.45, 7) is 0. The molecule has 2 heterocycles. The van der Waals surface area contributed by atoms with Crippen LogP contribution in [0.1, 0.15) is 10.4 Å². The second-order valence-corrected chi connectivity index (χ2v) is 6.28. The number of nitrogens with zero attached hydrogens (tertiary/aromatic N) is 3. The molecule has 1 N–H and O–H groups in total. The van der Waals surface area contributed by atoms with Crippen LogP contribution in [-0.2, 0) is 0 Å². The van der Waals surface area contributed by atoms with Gasteiger partial charge in [-0.15, -0.1) is 5.10 Å². The Balaban J connectivity index is 1.59. The third kappa shape index (κ3) is 3.61. The average molecular weight is 379 g/mol. The molecule has 2 aromatic heterocycles. The van der Waals surface area contributed by atoms with Gasteiger partial charge in [-0.3, -0.25) is 10.1 Å². The van der Waals surface area contributed by atoms with Gasteiger partial charge in [0.2, 0.25) is 5.95 Å². The number of anilines is 1. The Bertz CT molecular complexity index is 1120. The summed E-state index contributed by atoms with van der Waals surface area (Å²) >= 11 is 5.93. The van der Waals surface area contributed by atoms with Gasteiger partial charge in [-0.2, -0.15) is 4.98 Å². The number of fused-ring (bicyclic) bond motifs is 1. The van der Waals surface area contributed by atoms with E-state index in [1.807, 2.05) is 36.4 Å². The molecule has 0 bridgehead atoms. The van der Waals surface area contributed by atoms with Gasteiger partial charge in [-0.05, 0) is 53.6 Å². The number of pyridine rings is 1. The van der Waals surface area contributed by atoms with Gasteiger partial charge in [0.1, 0.15) is 5.75 Å². The predicted molar refractivity (Wildman–Crippen MR) is 104 cm³/mol. The van der Waals surface area contributed by atoms with Crippen molar-refractivity contribution in [3.63, 3.8) is 0 Å². The van der Waals surface area contributed by atoms with Crippen molar-refractivity contribution in [3.8, 4) is 16.9 Å². The van der Waals surface area contributed by atoms with Crippen molar-refractivity contribution >= 4 is 29.1 Å². The van der Waals surface area contributed by atoms with E-state index in [1.165, 1.54) is 0 Å². The second kappa shape index (κ2) is 7.09. The SMILES string of the molecule is COc1ccc(-c2ccn3nc(NC(=O)c4cccc(Cl)c4)nc3c2)cc1. The van der Waals surface area contributed by atoms with Gasteiger partial charge in [-0.25, -0.2) is 4.52 Å². The van der Waals surface area contributed by atoms with Gasteiger partial charge in [0.05, 0.1) is 7.11 Å². The normalized spacial score (nSPS) is 10.7. The molecule has 0 saturated heterocycles. The zero-order valence-corrected chi connectivity index (χ0v) is 15.1. The van der Waals surface area contributed by atoms with E-state index in [1.54, 1.807) is 42.1 Å². The molecule has 0 spiro atoms. The number of amides is 1. The summed E-state index contributed by atoms with van der Waals surface area (Å²) in [5, 5.41) is 7.47. The fourth-order valence-electron chi connectivity index (χ4n) is 2.70. The van der Waals surface area contributed by atoms with Crippen molar-refractivity contribution in [2.75, 3.05) is 12.4 Å². The van der Waals surface area contributed by atoms with Crippen LogP contribution < -0.4 is 10.1 Å². The van der Waals surface area contributed by atoms with Crippen LogP contribution in [0, 0.1) is 0 Å². The largest absolute Gasteiger partial charge is 0.497 e. The lowest BCUT2D eigenvalue weighted by Gasteiger charge is -2.03. The van der Waals surface area contributed by atoms with Crippen molar-refractivity contribution in [1.29, 1.82) is 0 Å². The molecule has 0 radical (unpaired) electrons. The Morgan fingerprint density at radius 1 is 1.07 bits per heavy atom. The van der Waals surface area contributed by atoms with Gasteiger partial charge in [0.25, 0.3) is 5.91 Å². The maximum absolute atomic E-state index is 12.3. The van der Waals surface area contributed by atoms with E-state index in [-0.39, 0.29) is 11.9 Å². The molecule has 2 aromatic carbocycles. The summed E-state index contributed by atoms with van der Waals surface area (Å²) < 4.78 is 6.80. The number of benzene rings is 2. The van der Waals surface area contributed by atoms with Crippen molar-refractivity contribution < 1.29 is 9.53 Å². The predicted octanol–water partition coefficient (Wildman–Crippen LogP) is 4.31. The number of carbonyl (C=O) groups excluding carboxylic acids is 1. The summed E-state index contributed by atoms with van der Waals surface area (Å²) in [6, 6.07) is 18.3. The van der Waals surface area contributed by atoms with Crippen molar-refractivity contribution in [2.45, 2.75) is 0 Å². The first-order valence-electron chi connectivity index (χ1n) is 8.20. The summed E-state index contributed by atoms with van der Waals surface area (Å²) in [7, 11) is 1.64. The summed E-state index contributed by atoms with van der Waals surface area (Å²) in [5.41, 5.74) is 3.10. The minimum Gasteiger partial charge on any atom is -0.497 e. The number of rotatable bonds is 4. The fraction of sp³-hybridized carbons (Fsp3) is 0.0500. The Morgan fingerprint density at radius 3 is 2.63 bits per heavy atom. The van der Waals surface area contributed by atoms with E-state index in [9.17, 15) is 4.79 Å². The van der Waals surface area contributed by atoms with E-state index in [4.69, 9.17) is 16.3 Å². The maximum atomic E-state index is 12.3. The molecule has 0 atom stereocenters. The van der Waals surface area contributed by atoms with Crippen molar-refractivity contribution in [2.24, 2.45) is 0 Å². The molecule has 4 aromatic rings. The molecular formula is C20H15ClN4O2. The van der Waals surface area contributed by atoms with Gasteiger partial charge in [0, 0.05) is 16.8 Å². The molecule has 0 aliphatic rings. The molecule has 0 aliphatic carbocycles. The Kier molecular flexibility index (Phi) is 4.48. The van der Waals surface area contributed by atoms with Gasteiger partial charge < -0.3 is 4.74 Å². The minimum absolute atomic E-state index is 0.229. The quantitative estimate of drug-likeness (QED) is 0.574. The first-order chi connectivity index (χ1) is 13.1. The first kappa shape index (κ1) is 17.1. The number of halogens is 1. The molecule has 6 nitrogen and oxygen atoms in total. The molecule has 0 unspecified atom stereocenters. The van der Waals surface area contributed by atoms with Crippen LogP contribution in [0.5, 0.6) is 5.75 Å².